The van der Waals surface area contributed by atoms with E-state index < -0.39 is 0 Å². The van der Waals surface area contributed by atoms with Gasteiger partial charge in [-0.25, -0.2) is 15.0 Å². The Morgan fingerprint density at radius 2 is 2.10 bits per heavy atom. The first-order valence-corrected chi connectivity index (χ1v) is 8.46. The molecule has 0 saturated heterocycles. The van der Waals surface area contributed by atoms with E-state index in [1.165, 1.54) is 20.7 Å². The normalized spacial score (nSPS) is 14.7. The lowest BCUT2D eigenvalue weighted by Crippen LogP contribution is -2.30. The Bertz CT molecular complexity index is 835. The molecule has 5 nitrogen and oxygen atoms in total. The van der Waals surface area contributed by atoms with Crippen molar-refractivity contribution < 1.29 is 0 Å². The zero-order valence-corrected chi connectivity index (χ0v) is 13.5. The summed E-state index contributed by atoms with van der Waals surface area (Å²) in [6, 6.07) is 0. The maximum Gasteiger partial charge on any atom is 0.180 e. The molecule has 0 aliphatic carbocycles. The molecule has 4 rings (SSSR count). The van der Waals surface area contributed by atoms with E-state index in [1.54, 1.807) is 29.0 Å². The van der Waals surface area contributed by atoms with Gasteiger partial charge < -0.3 is 10.6 Å². The highest BCUT2D eigenvalue weighted by Gasteiger charge is 2.24. The monoisotopic (exact) mass is 317 g/mol. The molecule has 0 bridgehead atoms. The van der Waals surface area contributed by atoms with Crippen LogP contribution in [0, 0.1) is 13.8 Å². The predicted molar refractivity (Wildman–Crippen MR) is 88.2 cm³/mol. The van der Waals surface area contributed by atoms with Crippen molar-refractivity contribution in [1.82, 2.24) is 15.0 Å². The second-order valence-corrected chi connectivity index (χ2v) is 7.57. The van der Waals surface area contributed by atoms with Crippen LogP contribution >= 0.6 is 22.7 Å². The molecule has 0 amide bonds. The van der Waals surface area contributed by atoms with Gasteiger partial charge in [-0.2, -0.15) is 0 Å². The van der Waals surface area contributed by atoms with Crippen LogP contribution in [-0.4, -0.2) is 21.5 Å². The number of nitrogens with two attached hydrogens (primary N) is 1. The average molecular weight is 317 g/mol. The number of anilines is 2. The van der Waals surface area contributed by atoms with Crippen LogP contribution in [0.5, 0.6) is 0 Å². The molecule has 0 fully saturated rings. The molecule has 2 N–H and O–H groups in total. The summed E-state index contributed by atoms with van der Waals surface area (Å²) in [6.45, 7) is 6.06. The standard InChI is InChI=1S/C14H15N5S2/c1-7-8(2)20-13-11(7)12(16-6-17-13)19-4-3-9-10(5-19)21-14(15)18-9/h6H,3-5H2,1-2H3,(H2,15,18). The summed E-state index contributed by atoms with van der Waals surface area (Å²) in [5.74, 6) is 1.04. The Kier molecular flexibility index (Phi) is 2.87. The first-order valence-electron chi connectivity index (χ1n) is 6.83. The molecule has 0 unspecified atom stereocenters. The smallest absolute Gasteiger partial charge is 0.180 e. The molecule has 0 spiro atoms. The van der Waals surface area contributed by atoms with Crippen LogP contribution < -0.4 is 10.6 Å². The molecule has 1 aliphatic rings. The molecule has 108 valence electrons. The van der Waals surface area contributed by atoms with E-state index in [4.69, 9.17) is 5.73 Å². The van der Waals surface area contributed by atoms with E-state index in [9.17, 15) is 0 Å². The zero-order valence-electron chi connectivity index (χ0n) is 11.9. The third-order valence-corrected chi connectivity index (χ3v) is 6.02. The number of aryl methyl sites for hydroxylation is 2. The van der Waals surface area contributed by atoms with E-state index >= 15 is 0 Å². The van der Waals surface area contributed by atoms with Gasteiger partial charge in [0.15, 0.2) is 5.13 Å². The Hall–Kier alpha value is -1.73. The Morgan fingerprint density at radius 1 is 1.24 bits per heavy atom. The molecule has 3 aromatic rings. The minimum Gasteiger partial charge on any atom is -0.375 e. The van der Waals surface area contributed by atoms with Gasteiger partial charge in [0, 0.05) is 22.7 Å². The van der Waals surface area contributed by atoms with Crippen molar-refractivity contribution in [3.63, 3.8) is 0 Å². The number of aromatic nitrogens is 3. The number of fused-ring (bicyclic) bond motifs is 2. The van der Waals surface area contributed by atoms with E-state index in [0.29, 0.717) is 5.13 Å². The van der Waals surface area contributed by atoms with Gasteiger partial charge in [0.25, 0.3) is 0 Å². The van der Waals surface area contributed by atoms with Crippen molar-refractivity contribution in [3.05, 3.63) is 27.3 Å². The number of thiazole rings is 1. The van der Waals surface area contributed by atoms with Crippen LogP contribution in [-0.2, 0) is 13.0 Å². The molecule has 3 aromatic heterocycles. The highest BCUT2D eigenvalue weighted by molar-refractivity contribution is 7.18. The number of hydrogen-bond acceptors (Lipinski definition) is 7. The molecule has 1 aliphatic heterocycles. The van der Waals surface area contributed by atoms with Crippen molar-refractivity contribution in [3.8, 4) is 0 Å². The van der Waals surface area contributed by atoms with Gasteiger partial charge >= 0.3 is 0 Å². The van der Waals surface area contributed by atoms with Gasteiger partial charge in [-0.05, 0) is 19.4 Å². The van der Waals surface area contributed by atoms with Crippen LogP contribution in [0.15, 0.2) is 6.33 Å². The van der Waals surface area contributed by atoms with Gasteiger partial charge in [-0.15, -0.1) is 22.7 Å². The van der Waals surface area contributed by atoms with Crippen LogP contribution in [0.4, 0.5) is 10.9 Å². The lowest BCUT2D eigenvalue weighted by atomic mass is 10.1. The summed E-state index contributed by atoms with van der Waals surface area (Å²) < 4.78 is 0. The van der Waals surface area contributed by atoms with Gasteiger partial charge in [0.1, 0.15) is 17.0 Å². The second-order valence-electron chi connectivity index (χ2n) is 5.25. The Balaban J connectivity index is 1.81. The molecule has 0 aromatic carbocycles. The maximum atomic E-state index is 5.83. The van der Waals surface area contributed by atoms with Crippen molar-refractivity contribution in [2.45, 2.75) is 26.8 Å². The van der Waals surface area contributed by atoms with Crippen LogP contribution in [0.1, 0.15) is 21.0 Å². The maximum absolute atomic E-state index is 5.83. The summed E-state index contributed by atoms with van der Waals surface area (Å²) in [5, 5.41) is 1.86. The predicted octanol–water partition coefficient (Wildman–Crippen LogP) is 2.91. The fraction of sp³-hybridized carbons (Fsp3) is 0.357. The molecule has 0 radical (unpaired) electrons. The Labute approximate surface area is 130 Å². The van der Waals surface area contributed by atoms with Gasteiger partial charge in [0.2, 0.25) is 0 Å². The highest BCUT2D eigenvalue weighted by Crippen LogP contribution is 2.36. The fourth-order valence-corrected chi connectivity index (χ4v) is 4.69. The lowest BCUT2D eigenvalue weighted by molar-refractivity contribution is 0.721. The van der Waals surface area contributed by atoms with E-state index in [0.717, 1.165) is 35.9 Å². The third kappa shape index (κ3) is 1.99. The quantitative estimate of drug-likeness (QED) is 0.747. The minimum atomic E-state index is 0.664. The molecule has 21 heavy (non-hydrogen) atoms. The topological polar surface area (TPSA) is 67.9 Å². The molecule has 0 atom stereocenters. The van der Waals surface area contributed by atoms with E-state index in [-0.39, 0.29) is 0 Å². The largest absolute Gasteiger partial charge is 0.375 e. The first-order chi connectivity index (χ1) is 10.1. The van der Waals surface area contributed by atoms with Crippen molar-refractivity contribution in [1.29, 1.82) is 0 Å². The number of thiophene rings is 1. The minimum absolute atomic E-state index is 0.664. The van der Waals surface area contributed by atoms with Crippen LogP contribution in [0.3, 0.4) is 0 Å². The second kappa shape index (κ2) is 4.64. The van der Waals surface area contributed by atoms with Gasteiger partial charge in [0.05, 0.1) is 17.6 Å². The number of nitrogen functional groups attached to an aromatic ring is 1. The molecular weight excluding hydrogens is 302 g/mol. The molecule has 4 heterocycles. The van der Waals surface area contributed by atoms with E-state index in [1.807, 2.05) is 0 Å². The first kappa shape index (κ1) is 13.0. The number of hydrogen-bond donors (Lipinski definition) is 1. The van der Waals surface area contributed by atoms with Crippen molar-refractivity contribution >= 4 is 43.8 Å². The van der Waals surface area contributed by atoms with Crippen molar-refractivity contribution in [2.24, 2.45) is 0 Å². The third-order valence-electron chi connectivity index (χ3n) is 3.99. The van der Waals surface area contributed by atoms with Crippen molar-refractivity contribution in [2.75, 3.05) is 17.2 Å². The molecule has 7 heteroatoms. The zero-order chi connectivity index (χ0) is 14.6. The summed E-state index contributed by atoms with van der Waals surface area (Å²) in [4.78, 5) is 19.3. The Morgan fingerprint density at radius 3 is 2.95 bits per heavy atom. The fourth-order valence-electron chi connectivity index (χ4n) is 2.80. The summed E-state index contributed by atoms with van der Waals surface area (Å²) >= 11 is 3.33. The average Bonchev–Trinajstić information content (AvgIpc) is 2.98. The SMILES string of the molecule is Cc1sc2ncnc(N3CCc4nc(N)sc4C3)c2c1C. The number of rotatable bonds is 1. The van der Waals surface area contributed by atoms with Crippen LogP contribution in [0.2, 0.25) is 0 Å². The number of nitrogens with zero attached hydrogens (tertiary/aromatic N) is 4. The molecular formula is C14H15N5S2. The van der Waals surface area contributed by atoms with Crippen LogP contribution in [0.25, 0.3) is 10.2 Å². The summed E-state index contributed by atoms with van der Waals surface area (Å²) in [6.07, 6.45) is 2.60. The molecule has 0 saturated carbocycles. The van der Waals surface area contributed by atoms with Gasteiger partial charge in [-0.1, -0.05) is 0 Å². The lowest BCUT2D eigenvalue weighted by Gasteiger charge is -2.27. The summed E-state index contributed by atoms with van der Waals surface area (Å²) in [7, 11) is 0. The van der Waals surface area contributed by atoms with Gasteiger partial charge in [-0.3, -0.25) is 0 Å². The summed E-state index contributed by atoms with van der Waals surface area (Å²) in [5.41, 5.74) is 8.27. The van der Waals surface area contributed by atoms with E-state index in [2.05, 4.69) is 33.7 Å². The highest BCUT2D eigenvalue weighted by atomic mass is 32.1.